The van der Waals surface area contributed by atoms with Gasteiger partial charge in [0.15, 0.2) is 17.4 Å². The van der Waals surface area contributed by atoms with Crippen molar-refractivity contribution in [3.8, 4) is 0 Å². The maximum atomic E-state index is 14.7. The van der Waals surface area contributed by atoms with Crippen LogP contribution in [-0.2, 0) is 33.5 Å². The van der Waals surface area contributed by atoms with Crippen molar-refractivity contribution in [2.24, 2.45) is 40.9 Å². The fraction of sp³-hybridized carbons (Fsp3) is 0.714. The van der Waals surface area contributed by atoms with E-state index in [1.165, 1.54) is 13.3 Å². The van der Waals surface area contributed by atoms with Crippen LogP contribution in [-0.4, -0.2) is 47.3 Å². The summed E-state index contributed by atoms with van der Waals surface area (Å²) in [6.07, 6.45) is 8.93. The van der Waals surface area contributed by atoms with Gasteiger partial charge in [-0.1, -0.05) is 125 Å². The summed E-state index contributed by atoms with van der Waals surface area (Å²) in [6, 6.07) is 8.58. The van der Waals surface area contributed by atoms with E-state index in [9.17, 15) is 28.8 Å². The van der Waals surface area contributed by atoms with Crippen LogP contribution >= 0.6 is 0 Å². The molecule has 1 N–H and O–H groups in total. The topological polar surface area (TPSA) is 124 Å². The maximum Gasteiger partial charge on any atom is 0.201 e. The van der Waals surface area contributed by atoms with E-state index in [1.54, 1.807) is 12.1 Å². The van der Waals surface area contributed by atoms with Gasteiger partial charge in [0.1, 0.15) is 17.3 Å². The molecule has 0 bridgehead atoms. The second-order valence-corrected chi connectivity index (χ2v) is 18.3. The minimum Gasteiger partial charge on any atom is -0.479 e. The molecule has 1 aromatic carbocycles. The zero-order chi connectivity index (χ0) is 42.0. The quantitative estimate of drug-likeness (QED) is 0.0858. The molecule has 0 radical (unpaired) electrons. The molecule has 6 atom stereocenters. The number of hydrogen-bond donors (Lipinski definition) is 1. The molecular formula is C49H79NO7. The lowest BCUT2D eigenvalue weighted by atomic mass is 9.75. The fourth-order valence-corrected chi connectivity index (χ4v) is 8.63. The molecule has 0 aromatic heterocycles. The number of hydrogen-bond acceptors (Lipinski definition) is 8. The number of rotatable bonds is 23. The van der Waals surface area contributed by atoms with Crippen LogP contribution in [0, 0.1) is 40.9 Å². The van der Waals surface area contributed by atoms with Crippen LogP contribution in [0.2, 0.25) is 0 Å². The Morgan fingerprint density at radius 3 is 2.02 bits per heavy atom. The van der Waals surface area contributed by atoms with Gasteiger partial charge in [0.2, 0.25) is 5.78 Å². The number of ether oxygens (including phenoxy) is 1. The van der Waals surface area contributed by atoms with E-state index in [-0.39, 0.29) is 73.5 Å². The molecule has 0 saturated heterocycles. The highest BCUT2D eigenvalue weighted by atomic mass is 16.5. The van der Waals surface area contributed by atoms with Gasteiger partial charge in [-0.2, -0.15) is 0 Å². The fourth-order valence-electron chi connectivity index (χ4n) is 8.63. The third-order valence-electron chi connectivity index (χ3n) is 11.2. The van der Waals surface area contributed by atoms with Crippen molar-refractivity contribution in [3.63, 3.8) is 0 Å². The van der Waals surface area contributed by atoms with Gasteiger partial charge in [-0.25, -0.2) is 0 Å². The zero-order valence-corrected chi connectivity index (χ0v) is 36.4. The molecule has 3 rings (SSSR count). The van der Waals surface area contributed by atoms with Crippen molar-refractivity contribution in [3.05, 3.63) is 48.4 Å². The van der Waals surface area contributed by atoms with Crippen LogP contribution in [0.1, 0.15) is 178 Å². The van der Waals surface area contributed by atoms with E-state index < -0.39 is 41.3 Å². The van der Waals surface area contributed by atoms with Gasteiger partial charge in [0, 0.05) is 49.4 Å². The van der Waals surface area contributed by atoms with Crippen molar-refractivity contribution in [2.45, 2.75) is 178 Å². The van der Waals surface area contributed by atoms with Crippen LogP contribution in [0.3, 0.4) is 0 Å². The summed E-state index contributed by atoms with van der Waals surface area (Å²) in [5.41, 5.74) is 0.766. The predicted octanol–water partition coefficient (Wildman–Crippen LogP) is 11.0. The first kappa shape index (κ1) is 51.6. The second-order valence-electron chi connectivity index (χ2n) is 18.3. The monoisotopic (exact) mass is 794 g/mol. The first-order valence-corrected chi connectivity index (χ1v) is 21.7. The lowest BCUT2D eigenvalue weighted by molar-refractivity contribution is -0.141. The summed E-state index contributed by atoms with van der Waals surface area (Å²) < 4.78 is 5.88. The second kappa shape index (κ2) is 25.8. The van der Waals surface area contributed by atoms with Crippen molar-refractivity contribution in [1.29, 1.82) is 0 Å². The average Bonchev–Trinajstić information content (AvgIpc) is 3.56. The smallest absolute Gasteiger partial charge is 0.201 e. The van der Waals surface area contributed by atoms with E-state index in [0.717, 1.165) is 44.1 Å². The van der Waals surface area contributed by atoms with E-state index >= 15 is 0 Å². The molecule has 0 aliphatic heterocycles. The molecule has 0 amide bonds. The van der Waals surface area contributed by atoms with Crippen LogP contribution in [0.15, 0.2) is 42.8 Å². The van der Waals surface area contributed by atoms with Gasteiger partial charge in [-0.15, -0.1) is 0 Å². The number of Topliss-reactive ketones (excluding diaryl/α,β-unsaturated/α-hetero) is 6. The largest absolute Gasteiger partial charge is 0.479 e. The van der Waals surface area contributed by atoms with Gasteiger partial charge in [0.05, 0.1) is 12.6 Å². The summed E-state index contributed by atoms with van der Waals surface area (Å²) in [5.74, 6) is -3.16. The Morgan fingerprint density at radius 2 is 1.47 bits per heavy atom. The van der Waals surface area contributed by atoms with E-state index in [4.69, 9.17) is 4.74 Å². The summed E-state index contributed by atoms with van der Waals surface area (Å²) >= 11 is 0. The van der Waals surface area contributed by atoms with E-state index in [1.807, 2.05) is 25.1 Å². The minimum absolute atomic E-state index is 0. The lowest BCUT2D eigenvalue weighted by Crippen LogP contribution is -2.47. The predicted molar refractivity (Wildman–Crippen MR) is 232 cm³/mol. The third kappa shape index (κ3) is 17.9. The molecule has 8 heteroatoms. The third-order valence-corrected chi connectivity index (χ3v) is 11.2. The number of benzene rings is 1. The van der Waals surface area contributed by atoms with Gasteiger partial charge < -0.3 is 10.1 Å². The van der Waals surface area contributed by atoms with Crippen molar-refractivity contribution in [1.82, 2.24) is 5.32 Å². The molecule has 2 fully saturated rings. The van der Waals surface area contributed by atoms with Crippen LogP contribution in [0.25, 0.3) is 0 Å². The molecule has 2 saturated carbocycles. The number of ketones is 6. The SMILES string of the molecule is C.C=C(NC(C(=O)C1CC(CC(C)(C)C)C[C@H]1C(=O)CC(CCC)C(=O)C(=O)CCC(=O)CC(C(C)=O)c1ccccc1)C1CCCCC1)OCC(C)C.CCC. The first-order valence-electron chi connectivity index (χ1n) is 21.7. The van der Waals surface area contributed by atoms with Crippen LogP contribution in [0.5, 0.6) is 0 Å². The molecule has 0 spiro atoms. The highest BCUT2D eigenvalue weighted by Crippen LogP contribution is 2.45. The molecule has 5 unspecified atom stereocenters. The normalized spacial score (nSPS) is 19.9. The van der Waals surface area contributed by atoms with Crippen molar-refractivity contribution >= 4 is 34.7 Å². The number of carbonyl (C=O) groups is 6. The highest BCUT2D eigenvalue weighted by molar-refractivity contribution is 6.38. The molecular weight excluding hydrogens is 715 g/mol. The summed E-state index contributed by atoms with van der Waals surface area (Å²) in [7, 11) is 0. The Kier molecular flexibility index (Phi) is 23.4. The first-order chi connectivity index (χ1) is 26.4. The molecule has 2 aliphatic carbocycles. The lowest BCUT2D eigenvalue weighted by Gasteiger charge is -2.34. The van der Waals surface area contributed by atoms with Gasteiger partial charge in [-0.3, -0.25) is 28.8 Å². The molecule has 8 nitrogen and oxygen atoms in total. The summed E-state index contributed by atoms with van der Waals surface area (Å²) in [6.45, 7) is 22.8. The molecule has 57 heavy (non-hydrogen) atoms. The van der Waals surface area contributed by atoms with Crippen molar-refractivity contribution < 1.29 is 33.5 Å². The maximum absolute atomic E-state index is 14.7. The van der Waals surface area contributed by atoms with E-state index in [0.29, 0.717) is 44.1 Å². The van der Waals surface area contributed by atoms with E-state index in [2.05, 4.69) is 60.4 Å². The number of nitrogens with one attached hydrogen (secondary N) is 1. The Bertz CT molecular complexity index is 1430. The molecule has 2 aliphatic rings. The Balaban J connectivity index is 0.00000393. The Labute approximate surface area is 346 Å². The van der Waals surface area contributed by atoms with Gasteiger partial charge >= 0.3 is 0 Å². The zero-order valence-electron chi connectivity index (χ0n) is 36.4. The van der Waals surface area contributed by atoms with Gasteiger partial charge in [-0.05, 0) is 80.8 Å². The van der Waals surface area contributed by atoms with Crippen LogP contribution < -0.4 is 5.32 Å². The minimum atomic E-state index is -0.793. The number of carbonyl (C=O) groups excluding carboxylic acids is 6. The standard InChI is InChI=1S/C45H67NO7.C3H8.CH4/c1-9-16-35(43(51)40(49)22-21-36(48)26-37(30(4)47)33-17-12-10-13-18-33)25-41(50)38-23-32(27-45(6,7)8)24-39(38)44(52)42(34-19-14-11-15-20-34)46-31(5)53-28-29(2)3;1-3-2;/h10,12-13,17-18,29,32,34-35,37-39,42,46H,5,9,11,14-16,19-28H2,1-4,6-8H3;3H2,1-2H3;1H4/t32?,35?,37?,38-,39?,42?;;/m1../s1. The molecule has 322 valence electrons. The molecule has 1 aromatic rings. The van der Waals surface area contributed by atoms with Crippen LogP contribution in [0.4, 0.5) is 0 Å². The summed E-state index contributed by atoms with van der Waals surface area (Å²) in [4.78, 5) is 81.0. The summed E-state index contributed by atoms with van der Waals surface area (Å²) in [5, 5.41) is 3.36. The highest BCUT2D eigenvalue weighted by Gasteiger charge is 2.47. The van der Waals surface area contributed by atoms with Gasteiger partial charge in [0.25, 0.3) is 0 Å². The average molecular weight is 794 g/mol. The Hall–Kier alpha value is -3.42. The molecule has 0 heterocycles. The van der Waals surface area contributed by atoms with Crippen molar-refractivity contribution in [2.75, 3.05) is 6.61 Å². The Morgan fingerprint density at radius 1 is 0.877 bits per heavy atom.